The number of amides is 1. The van der Waals surface area contributed by atoms with Crippen LogP contribution < -0.4 is 4.74 Å². The van der Waals surface area contributed by atoms with Gasteiger partial charge in [0.05, 0.1) is 17.1 Å². The molecule has 1 aromatic carbocycles. The summed E-state index contributed by atoms with van der Waals surface area (Å²) in [5.41, 5.74) is 1.18. The van der Waals surface area contributed by atoms with Gasteiger partial charge in [0.1, 0.15) is 5.75 Å². The Hall–Kier alpha value is -1.88. The van der Waals surface area contributed by atoms with Crippen molar-refractivity contribution in [2.24, 2.45) is 0 Å². The average Bonchev–Trinajstić information content (AvgIpc) is 3.10. The number of halogens is 1. The van der Waals surface area contributed by atoms with E-state index in [0.29, 0.717) is 13.0 Å². The fourth-order valence-corrected chi connectivity index (χ4v) is 3.51. The highest BCUT2D eigenvalue weighted by atomic mass is 79.9. The van der Waals surface area contributed by atoms with Gasteiger partial charge in [-0.2, -0.15) is 0 Å². The number of carbonyl (C=O) groups excluding carboxylic acids is 1. The highest BCUT2D eigenvalue weighted by Gasteiger charge is 2.29. The van der Waals surface area contributed by atoms with Gasteiger partial charge in [-0.3, -0.25) is 9.78 Å². The lowest BCUT2D eigenvalue weighted by Gasteiger charge is -2.25. The third-order valence-corrected chi connectivity index (χ3v) is 4.95. The molecule has 0 spiro atoms. The number of hydrogen-bond acceptors (Lipinski definition) is 3. The van der Waals surface area contributed by atoms with Crippen LogP contribution in [-0.4, -0.2) is 28.9 Å². The predicted molar refractivity (Wildman–Crippen MR) is 96.8 cm³/mol. The number of carbonyl (C=O) groups is 1. The van der Waals surface area contributed by atoms with Crippen molar-refractivity contribution in [2.45, 2.75) is 31.7 Å². The van der Waals surface area contributed by atoms with E-state index in [4.69, 9.17) is 4.74 Å². The van der Waals surface area contributed by atoms with E-state index in [-0.39, 0.29) is 11.9 Å². The Bertz CT molecular complexity index is 678. The number of hydrogen-bond donors (Lipinski definition) is 0. The zero-order valence-corrected chi connectivity index (χ0v) is 15.1. The lowest BCUT2D eigenvalue weighted by molar-refractivity contribution is -0.132. The summed E-state index contributed by atoms with van der Waals surface area (Å²) < 4.78 is 6.67. The number of benzene rings is 1. The first kappa shape index (κ1) is 17.0. The molecule has 1 saturated heterocycles. The zero-order valence-electron chi connectivity index (χ0n) is 13.5. The summed E-state index contributed by atoms with van der Waals surface area (Å²) in [6.07, 6.45) is 6.92. The van der Waals surface area contributed by atoms with Gasteiger partial charge in [0.15, 0.2) is 0 Å². The maximum absolute atomic E-state index is 12.6. The van der Waals surface area contributed by atoms with Crippen molar-refractivity contribution in [2.75, 3.05) is 13.2 Å². The Morgan fingerprint density at radius 2 is 2.04 bits per heavy atom. The molecule has 3 rings (SSSR count). The first-order valence-electron chi connectivity index (χ1n) is 8.32. The molecule has 0 saturated carbocycles. The maximum Gasteiger partial charge on any atom is 0.223 e. The van der Waals surface area contributed by atoms with E-state index in [0.717, 1.165) is 36.0 Å². The fourth-order valence-electron chi connectivity index (χ4n) is 3.11. The van der Waals surface area contributed by atoms with Gasteiger partial charge < -0.3 is 9.64 Å². The lowest BCUT2D eigenvalue weighted by atomic mass is 10.1. The van der Waals surface area contributed by atoms with Crippen molar-refractivity contribution in [1.82, 2.24) is 9.88 Å². The first-order chi connectivity index (χ1) is 11.8. The van der Waals surface area contributed by atoms with Crippen LogP contribution in [0, 0.1) is 0 Å². The molecule has 2 aromatic rings. The van der Waals surface area contributed by atoms with Crippen molar-refractivity contribution in [1.29, 1.82) is 0 Å². The monoisotopic (exact) mass is 388 g/mol. The Kier molecular flexibility index (Phi) is 5.86. The lowest BCUT2D eigenvalue weighted by Crippen LogP contribution is -2.30. The fraction of sp³-hybridized carbons (Fsp3) is 0.368. The molecule has 1 fully saturated rings. The number of nitrogens with zero attached hydrogens (tertiary/aromatic N) is 2. The van der Waals surface area contributed by atoms with E-state index < -0.39 is 0 Å². The zero-order chi connectivity index (χ0) is 16.8. The summed E-state index contributed by atoms with van der Waals surface area (Å²) >= 11 is 3.46. The van der Waals surface area contributed by atoms with Crippen LogP contribution in [0.2, 0.25) is 0 Å². The Morgan fingerprint density at radius 1 is 1.25 bits per heavy atom. The Morgan fingerprint density at radius 3 is 2.83 bits per heavy atom. The van der Waals surface area contributed by atoms with Gasteiger partial charge in [0, 0.05) is 25.4 Å². The summed E-state index contributed by atoms with van der Waals surface area (Å²) in [7, 11) is 0. The summed E-state index contributed by atoms with van der Waals surface area (Å²) in [5.74, 6) is 1.03. The topological polar surface area (TPSA) is 42.4 Å². The quantitative estimate of drug-likeness (QED) is 0.690. The number of ether oxygens (including phenoxy) is 1. The van der Waals surface area contributed by atoms with Crippen molar-refractivity contribution >= 4 is 21.8 Å². The van der Waals surface area contributed by atoms with E-state index in [1.165, 1.54) is 5.56 Å². The van der Waals surface area contributed by atoms with Crippen molar-refractivity contribution in [3.05, 3.63) is 58.8 Å². The smallest absolute Gasteiger partial charge is 0.223 e. The van der Waals surface area contributed by atoms with E-state index >= 15 is 0 Å². The molecule has 126 valence electrons. The summed E-state index contributed by atoms with van der Waals surface area (Å²) in [4.78, 5) is 18.6. The molecule has 1 aliphatic heterocycles. The van der Waals surface area contributed by atoms with Crippen LogP contribution in [0.4, 0.5) is 0 Å². The van der Waals surface area contributed by atoms with Crippen molar-refractivity contribution in [3.63, 3.8) is 0 Å². The molecule has 0 radical (unpaired) electrons. The van der Waals surface area contributed by atoms with E-state index in [9.17, 15) is 4.79 Å². The first-order valence-corrected chi connectivity index (χ1v) is 9.12. The molecule has 0 bridgehead atoms. The molecule has 4 nitrogen and oxygen atoms in total. The van der Waals surface area contributed by atoms with Crippen LogP contribution >= 0.6 is 15.9 Å². The summed E-state index contributed by atoms with van der Waals surface area (Å²) in [5, 5.41) is 0. The molecular formula is C19H21BrN2O2. The van der Waals surface area contributed by atoms with E-state index in [1.54, 1.807) is 12.4 Å². The van der Waals surface area contributed by atoms with Gasteiger partial charge in [-0.1, -0.05) is 12.1 Å². The Balaban J connectivity index is 1.49. The van der Waals surface area contributed by atoms with Gasteiger partial charge in [-0.15, -0.1) is 0 Å². The molecule has 0 unspecified atom stereocenters. The molecule has 1 aromatic heterocycles. The number of aromatic nitrogens is 1. The summed E-state index contributed by atoms with van der Waals surface area (Å²) in [6.45, 7) is 1.39. The molecule has 5 heteroatoms. The third kappa shape index (κ3) is 4.15. The largest absolute Gasteiger partial charge is 0.492 e. The second-order valence-corrected chi connectivity index (χ2v) is 6.76. The number of rotatable bonds is 6. The van der Waals surface area contributed by atoms with Crippen LogP contribution in [-0.2, 0) is 4.79 Å². The minimum atomic E-state index is 0.199. The second kappa shape index (κ2) is 8.29. The molecule has 2 heterocycles. The molecular weight excluding hydrogens is 368 g/mol. The maximum atomic E-state index is 12.6. The number of pyridine rings is 1. The molecule has 24 heavy (non-hydrogen) atoms. The number of para-hydroxylation sites is 1. The standard InChI is InChI=1S/C19H21BrN2O2/c20-16-5-1-2-7-18(16)24-14-4-8-19(23)22-13-3-6-17(22)15-9-11-21-12-10-15/h1-2,5,7,9-12,17H,3-4,6,8,13-14H2/t17-/m1/s1. The summed E-state index contributed by atoms with van der Waals surface area (Å²) in [6, 6.07) is 12.0. The van der Waals surface area contributed by atoms with E-state index in [2.05, 4.69) is 20.9 Å². The van der Waals surface area contributed by atoms with Crippen LogP contribution in [0.25, 0.3) is 0 Å². The van der Waals surface area contributed by atoms with Gasteiger partial charge in [-0.05, 0) is 65.0 Å². The number of likely N-dealkylation sites (tertiary alicyclic amines) is 1. The minimum Gasteiger partial charge on any atom is -0.492 e. The van der Waals surface area contributed by atoms with Gasteiger partial charge in [0.2, 0.25) is 5.91 Å². The van der Waals surface area contributed by atoms with Crippen LogP contribution in [0.5, 0.6) is 5.75 Å². The van der Waals surface area contributed by atoms with Crippen molar-refractivity contribution in [3.8, 4) is 5.75 Å². The van der Waals surface area contributed by atoms with Crippen molar-refractivity contribution < 1.29 is 9.53 Å². The van der Waals surface area contributed by atoms with Gasteiger partial charge >= 0.3 is 0 Å². The van der Waals surface area contributed by atoms with E-state index in [1.807, 2.05) is 41.3 Å². The molecule has 1 aliphatic rings. The van der Waals surface area contributed by atoms with Crippen LogP contribution in [0.3, 0.4) is 0 Å². The minimum absolute atomic E-state index is 0.199. The highest BCUT2D eigenvalue weighted by molar-refractivity contribution is 9.10. The predicted octanol–water partition coefficient (Wildman–Crippen LogP) is 4.37. The van der Waals surface area contributed by atoms with Crippen LogP contribution in [0.1, 0.15) is 37.3 Å². The third-order valence-electron chi connectivity index (χ3n) is 4.29. The normalized spacial score (nSPS) is 17.0. The van der Waals surface area contributed by atoms with Crippen LogP contribution in [0.15, 0.2) is 53.3 Å². The molecule has 1 amide bonds. The SMILES string of the molecule is O=C(CCCOc1ccccc1Br)N1CCC[C@@H]1c1ccncc1. The Labute approximate surface area is 151 Å². The van der Waals surface area contributed by atoms with Gasteiger partial charge in [0.25, 0.3) is 0 Å². The molecule has 1 atom stereocenters. The highest BCUT2D eigenvalue weighted by Crippen LogP contribution is 2.32. The van der Waals surface area contributed by atoms with Gasteiger partial charge in [-0.25, -0.2) is 0 Å². The average molecular weight is 389 g/mol. The second-order valence-electron chi connectivity index (χ2n) is 5.91. The molecule has 0 aliphatic carbocycles. The molecule has 0 N–H and O–H groups in total.